The molecular weight excluding hydrogens is 280 g/mol. The van der Waals surface area contributed by atoms with Crippen molar-refractivity contribution < 1.29 is 14.3 Å². The normalized spacial score (nSPS) is 16.3. The van der Waals surface area contributed by atoms with Gasteiger partial charge in [0.25, 0.3) is 0 Å². The summed E-state index contributed by atoms with van der Waals surface area (Å²) in [5.41, 5.74) is 1.06. The number of hydrogen-bond acceptors (Lipinski definition) is 3. The molecule has 0 saturated carbocycles. The van der Waals surface area contributed by atoms with E-state index >= 15 is 0 Å². The van der Waals surface area contributed by atoms with Crippen molar-refractivity contribution >= 4 is 11.8 Å². The summed E-state index contributed by atoms with van der Waals surface area (Å²) in [5.74, 6) is 0.950. The van der Waals surface area contributed by atoms with Crippen LogP contribution in [-0.4, -0.2) is 25.0 Å². The highest BCUT2D eigenvalue weighted by Gasteiger charge is 2.22. The summed E-state index contributed by atoms with van der Waals surface area (Å²) >= 11 is 0. The highest BCUT2D eigenvalue weighted by molar-refractivity contribution is 5.76. The fourth-order valence-corrected chi connectivity index (χ4v) is 2.61. The average molecular weight is 304 g/mol. The highest BCUT2D eigenvalue weighted by Crippen LogP contribution is 2.31. The summed E-state index contributed by atoms with van der Waals surface area (Å²) in [6.45, 7) is 2.84. The molecule has 2 amide bonds. The van der Waals surface area contributed by atoms with E-state index in [0.717, 1.165) is 37.0 Å². The lowest BCUT2D eigenvalue weighted by atomic mass is 10.0. The van der Waals surface area contributed by atoms with E-state index in [1.165, 1.54) is 6.92 Å². The maximum absolute atomic E-state index is 12.0. The molecule has 0 radical (unpaired) electrons. The van der Waals surface area contributed by atoms with Crippen LogP contribution in [0.5, 0.6) is 5.75 Å². The molecule has 5 nitrogen and oxygen atoms in total. The molecule has 0 aromatic heterocycles. The lowest BCUT2D eigenvalue weighted by Gasteiger charge is -2.26. The van der Waals surface area contributed by atoms with Crippen LogP contribution in [0.4, 0.5) is 0 Å². The van der Waals surface area contributed by atoms with Crippen molar-refractivity contribution in [1.29, 1.82) is 0 Å². The molecule has 1 aliphatic heterocycles. The lowest BCUT2D eigenvalue weighted by Crippen LogP contribution is -2.32. The molecule has 0 unspecified atom stereocenters. The smallest absolute Gasteiger partial charge is 0.220 e. The van der Waals surface area contributed by atoms with Gasteiger partial charge in [0, 0.05) is 31.9 Å². The molecule has 2 rings (SSSR count). The van der Waals surface area contributed by atoms with Crippen LogP contribution >= 0.6 is 0 Å². The average Bonchev–Trinajstić information content (AvgIpc) is 2.51. The largest absolute Gasteiger partial charge is 0.493 e. The molecule has 1 atom stereocenters. The fraction of sp³-hybridized carbons (Fsp3) is 0.529. The van der Waals surface area contributed by atoms with Crippen molar-refractivity contribution in [3.63, 3.8) is 0 Å². The van der Waals surface area contributed by atoms with Gasteiger partial charge in [-0.15, -0.1) is 0 Å². The maximum atomic E-state index is 12.0. The van der Waals surface area contributed by atoms with E-state index in [1.807, 2.05) is 24.3 Å². The first kappa shape index (κ1) is 16.3. The number of hydrogen-bond donors (Lipinski definition) is 2. The number of para-hydroxylation sites is 1. The molecule has 22 heavy (non-hydrogen) atoms. The number of carbonyl (C=O) groups is 2. The first-order valence-electron chi connectivity index (χ1n) is 7.92. The van der Waals surface area contributed by atoms with Crippen molar-refractivity contribution in [3.05, 3.63) is 29.8 Å². The third kappa shape index (κ3) is 5.06. The van der Waals surface area contributed by atoms with Gasteiger partial charge in [-0.05, 0) is 18.9 Å². The Bertz CT molecular complexity index is 516. The second-order valence-corrected chi connectivity index (χ2v) is 5.59. The number of amides is 2. The molecule has 0 spiro atoms. The number of benzene rings is 1. The van der Waals surface area contributed by atoms with E-state index in [1.54, 1.807) is 0 Å². The van der Waals surface area contributed by atoms with Gasteiger partial charge < -0.3 is 15.4 Å². The number of carbonyl (C=O) groups excluding carboxylic acids is 2. The zero-order chi connectivity index (χ0) is 15.8. The van der Waals surface area contributed by atoms with Gasteiger partial charge in [0.05, 0.1) is 12.6 Å². The Morgan fingerprint density at radius 2 is 2.05 bits per heavy atom. The Hall–Kier alpha value is -2.04. The summed E-state index contributed by atoms with van der Waals surface area (Å²) < 4.78 is 5.59. The predicted molar refractivity (Wildman–Crippen MR) is 84.6 cm³/mol. The standard InChI is InChI=1S/C17H24N2O3/c1-13(20)18-11-6-2-3-9-17(21)19-15-10-12-22-16-8-5-4-7-14(15)16/h4-5,7-8,15H,2-3,6,9-12H2,1H3,(H,18,20)(H,19,21)/t15-/m1/s1. The Labute approximate surface area is 131 Å². The second-order valence-electron chi connectivity index (χ2n) is 5.59. The predicted octanol–water partition coefficient (Wildman–Crippen LogP) is 2.32. The molecule has 2 N–H and O–H groups in total. The van der Waals surface area contributed by atoms with E-state index in [0.29, 0.717) is 19.6 Å². The molecule has 0 bridgehead atoms. The molecule has 0 fully saturated rings. The number of ether oxygens (including phenoxy) is 1. The van der Waals surface area contributed by atoms with E-state index in [-0.39, 0.29) is 17.9 Å². The summed E-state index contributed by atoms with van der Waals surface area (Å²) in [6, 6.07) is 7.91. The van der Waals surface area contributed by atoms with Gasteiger partial charge in [-0.25, -0.2) is 0 Å². The van der Waals surface area contributed by atoms with E-state index in [4.69, 9.17) is 4.74 Å². The van der Waals surface area contributed by atoms with Crippen LogP contribution in [-0.2, 0) is 9.59 Å². The van der Waals surface area contributed by atoms with Crippen LogP contribution in [0.25, 0.3) is 0 Å². The summed E-state index contributed by atoms with van der Waals surface area (Å²) in [6.07, 6.45) is 4.03. The minimum Gasteiger partial charge on any atom is -0.493 e. The summed E-state index contributed by atoms with van der Waals surface area (Å²) in [5, 5.41) is 5.85. The highest BCUT2D eigenvalue weighted by atomic mass is 16.5. The maximum Gasteiger partial charge on any atom is 0.220 e. The number of rotatable bonds is 7. The lowest BCUT2D eigenvalue weighted by molar-refractivity contribution is -0.122. The zero-order valence-electron chi connectivity index (χ0n) is 13.1. The number of fused-ring (bicyclic) bond motifs is 1. The van der Waals surface area contributed by atoms with Crippen molar-refractivity contribution in [2.75, 3.05) is 13.2 Å². The van der Waals surface area contributed by atoms with Crippen LogP contribution in [0, 0.1) is 0 Å². The third-order valence-electron chi connectivity index (χ3n) is 3.75. The zero-order valence-corrected chi connectivity index (χ0v) is 13.1. The van der Waals surface area contributed by atoms with Crippen molar-refractivity contribution in [3.8, 4) is 5.75 Å². The molecule has 0 aliphatic carbocycles. The third-order valence-corrected chi connectivity index (χ3v) is 3.75. The van der Waals surface area contributed by atoms with Gasteiger partial charge in [0.2, 0.25) is 11.8 Å². The van der Waals surface area contributed by atoms with Gasteiger partial charge in [0.1, 0.15) is 5.75 Å². The SMILES string of the molecule is CC(=O)NCCCCCC(=O)N[C@@H]1CCOc2ccccc21. The Morgan fingerprint density at radius 1 is 1.23 bits per heavy atom. The van der Waals surface area contributed by atoms with E-state index in [2.05, 4.69) is 10.6 Å². The van der Waals surface area contributed by atoms with E-state index in [9.17, 15) is 9.59 Å². The summed E-state index contributed by atoms with van der Waals surface area (Å²) in [4.78, 5) is 22.8. The Morgan fingerprint density at radius 3 is 2.86 bits per heavy atom. The summed E-state index contributed by atoms with van der Waals surface area (Å²) in [7, 11) is 0. The van der Waals surface area contributed by atoms with Crippen LogP contribution in [0.1, 0.15) is 50.6 Å². The minimum absolute atomic E-state index is 0.00377. The van der Waals surface area contributed by atoms with Crippen LogP contribution in [0.15, 0.2) is 24.3 Å². The van der Waals surface area contributed by atoms with E-state index < -0.39 is 0 Å². The van der Waals surface area contributed by atoms with Gasteiger partial charge in [0.15, 0.2) is 0 Å². The quantitative estimate of drug-likeness (QED) is 0.760. The molecular formula is C17H24N2O3. The molecule has 1 aliphatic rings. The Kier molecular flexibility index (Phi) is 6.25. The van der Waals surface area contributed by atoms with Crippen molar-refractivity contribution in [2.45, 2.75) is 45.1 Å². The van der Waals surface area contributed by atoms with Gasteiger partial charge >= 0.3 is 0 Å². The van der Waals surface area contributed by atoms with Crippen LogP contribution in [0.2, 0.25) is 0 Å². The molecule has 5 heteroatoms. The molecule has 0 saturated heterocycles. The molecule has 1 aromatic rings. The monoisotopic (exact) mass is 304 g/mol. The molecule has 1 heterocycles. The van der Waals surface area contributed by atoms with Gasteiger partial charge in [-0.1, -0.05) is 24.6 Å². The molecule has 1 aromatic carbocycles. The number of nitrogens with one attached hydrogen (secondary N) is 2. The van der Waals surface area contributed by atoms with Crippen molar-refractivity contribution in [1.82, 2.24) is 10.6 Å². The van der Waals surface area contributed by atoms with Crippen molar-refractivity contribution in [2.24, 2.45) is 0 Å². The minimum atomic E-state index is -0.00377. The first-order chi connectivity index (χ1) is 10.7. The molecule has 120 valence electrons. The van der Waals surface area contributed by atoms with Gasteiger partial charge in [-0.3, -0.25) is 9.59 Å². The van der Waals surface area contributed by atoms with Gasteiger partial charge in [-0.2, -0.15) is 0 Å². The fourth-order valence-electron chi connectivity index (χ4n) is 2.61. The Balaban J connectivity index is 1.69. The van der Waals surface area contributed by atoms with Crippen LogP contribution in [0.3, 0.4) is 0 Å². The topological polar surface area (TPSA) is 67.4 Å². The second kappa shape index (κ2) is 8.41. The number of unbranched alkanes of at least 4 members (excludes halogenated alkanes) is 2. The first-order valence-corrected chi connectivity index (χ1v) is 7.92. The van der Waals surface area contributed by atoms with Crippen LogP contribution < -0.4 is 15.4 Å².